The first kappa shape index (κ1) is 29.6. The average Bonchev–Trinajstić information content (AvgIpc) is 2.60. The number of nitrogens with one attached hydrogen (secondary N) is 1. The Morgan fingerprint density at radius 3 is 1.33 bits per heavy atom. The van der Waals surface area contributed by atoms with E-state index in [4.69, 9.17) is 5.11 Å². The van der Waals surface area contributed by atoms with Gasteiger partial charge in [-0.3, -0.25) is 4.79 Å². The van der Waals surface area contributed by atoms with E-state index in [1.54, 1.807) is 0 Å². The van der Waals surface area contributed by atoms with Gasteiger partial charge < -0.3 is 10.4 Å². The zero-order valence-corrected chi connectivity index (χ0v) is 18.0. The van der Waals surface area contributed by atoms with Crippen molar-refractivity contribution < 1.29 is 9.90 Å². The van der Waals surface area contributed by atoms with Crippen LogP contribution in [0.15, 0.2) is 0 Å². The van der Waals surface area contributed by atoms with Crippen molar-refractivity contribution >= 4 is 35.5 Å². The second-order valence-electron chi connectivity index (χ2n) is 8.32. The normalized spacial score (nSPS) is 12.1. The van der Waals surface area contributed by atoms with E-state index in [1.165, 1.54) is 96.3 Å². The third-order valence-electron chi connectivity index (χ3n) is 5.33. The number of unbranched alkanes of at least 4 members (excludes halogenated alkanes) is 15. The molecular weight excluding hydrogens is 345 g/mol. The molecule has 1 unspecified atom stereocenters. The van der Waals surface area contributed by atoms with Crippen LogP contribution in [0, 0.1) is 5.92 Å². The first-order valence-corrected chi connectivity index (χ1v) is 11.6. The summed E-state index contributed by atoms with van der Waals surface area (Å²) in [6.45, 7) is 7.02. The first-order valence-electron chi connectivity index (χ1n) is 11.6. The van der Waals surface area contributed by atoms with Crippen LogP contribution in [0.2, 0.25) is 0 Å². The Bertz CT molecular complexity index is 311. The molecule has 0 fully saturated rings. The summed E-state index contributed by atoms with van der Waals surface area (Å²) in [6, 6.07) is -0.397. The topological polar surface area (TPSA) is 49.3 Å². The van der Waals surface area contributed by atoms with Crippen LogP contribution in [-0.2, 0) is 4.79 Å². The van der Waals surface area contributed by atoms with E-state index < -0.39 is 12.0 Å². The Morgan fingerprint density at radius 2 is 1.04 bits per heavy atom. The van der Waals surface area contributed by atoms with Gasteiger partial charge in [-0.05, 0) is 18.9 Å². The Hall–Kier alpha value is 0.430. The number of carbonyl (C=O) groups is 1. The number of hydrogen-bond donors (Lipinski definition) is 2. The molecule has 0 aliphatic heterocycles. The molecule has 4 heteroatoms. The fraction of sp³-hybridized carbons (Fsp3) is 0.957. The second-order valence-corrected chi connectivity index (χ2v) is 8.32. The van der Waals surface area contributed by atoms with Crippen LogP contribution in [0.1, 0.15) is 124 Å². The molecular formula is C23H48NNaO2. The summed E-state index contributed by atoms with van der Waals surface area (Å²) >= 11 is 0. The van der Waals surface area contributed by atoms with Crippen molar-refractivity contribution in [1.82, 2.24) is 5.32 Å². The molecule has 0 heterocycles. The molecule has 0 rings (SSSR count). The number of hydrogen-bond acceptors (Lipinski definition) is 2. The van der Waals surface area contributed by atoms with E-state index in [0.29, 0.717) is 0 Å². The van der Waals surface area contributed by atoms with E-state index in [0.717, 1.165) is 13.0 Å². The van der Waals surface area contributed by atoms with Crippen LogP contribution in [-0.4, -0.2) is 53.2 Å². The van der Waals surface area contributed by atoms with Gasteiger partial charge in [0, 0.05) is 0 Å². The second kappa shape index (κ2) is 22.7. The van der Waals surface area contributed by atoms with Crippen LogP contribution < -0.4 is 5.32 Å². The van der Waals surface area contributed by atoms with Gasteiger partial charge in [0.25, 0.3) is 0 Å². The van der Waals surface area contributed by atoms with Gasteiger partial charge in [-0.25, -0.2) is 0 Å². The fourth-order valence-corrected chi connectivity index (χ4v) is 3.54. The Morgan fingerprint density at radius 1 is 0.704 bits per heavy atom. The van der Waals surface area contributed by atoms with Crippen molar-refractivity contribution in [2.45, 2.75) is 130 Å². The van der Waals surface area contributed by atoms with Crippen LogP contribution in [0.3, 0.4) is 0 Å². The van der Waals surface area contributed by atoms with Crippen molar-refractivity contribution in [2.75, 3.05) is 6.54 Å². The molecule has 0 radical (unpaired) electrons. The molecule has 0 aromatic heterocycles. The summed E-state index contributed by atoms with van der Waals surface area (Å²) in [7, 11) is 0. The van der Waals surface area contributed by atoms with E-state index in [-0.39, 0.29) is 35.5 Å². The van der Waals surface area contributed by atoms with Crippen LogP contribution in [0.5, 0.6) is 0 Å². The third kappa shape index (κ3) is 21.0. The first-order chi connectivity index (χ1) is 12.6. The fourth-order valence-electron chi connectivity index (χ4n) is 3.54. The maximum atomic E-state index is 11.1. The summed E-state index contributed by atoms with van der Waals surface area (Å²) in [4.78, 5) is 11.1. The molecule has 0 amide bonds. The Kier molecular flexibility index (Phi) is 24.9. The molecule has 2 N–H and O–H groups in total. The Balaban J connectivity index is 0. The zero-order valence-electron chi connectivity index (χ0n) is 18.0. The van der Waals surface area contributed by atoms with Crippen molar-refractivity contribution in [3.8, 4) is 0 Å². The summed E-state index contributed by atoms with van der Waals surface area (Å²) in [6.07, 6.45) is 21.9. The summed E-state index contributed by atoms with van der Waals surface area (Å²) in [5.74, 6) is -0.579. The van der Waals surface area contributed by atoms with Crippen LogP contribution in [0.4, 0.5) is 0 Å². The molecule has 1 atom stereocenters. The standard InChI is InChI=1S/C23H47NO2.Na.H/c1-4-5-6-7-8-9-10-11-12-13-14-15-16-17-18-19-20-24-22(21(2)3)23(25)26;;/h21-22,24H,4-20H2,1-3H3,(H,25,26);;. The molecule has 0 aliphatic rings. The Labute approximate surface area is 192 Å². The van der Waals surface area contributed by atoms with Gasteiger partial charge in [-0.15, -0.1) is 0 Å². The number of rotatable bonds is 20. The zero-order chi connectivity index (χ0) is 19.5. The maximum absolute atomic E-state index is 11.1. The molecule has 0 aromatic rings. The number of carboxylic acid groups (broad SMARTS) is 1. The van der Waals surface area contributed by atoms with E-state index >= 15 is 0 Å². The number of carboxylic acids is 1. The molecule has 0 spiro atoms. The molecule has 0 saturated heterocycles. The quantitative estimate of drug-likeness (QED) is 0.188. The monoisotopic (exact) mass is 393 g/mol. The van der Waals surface area contributed by atoms with E-state index in [9.17, 15) is 4.79 Å². The van der Waals surface area contributed by atoms with Crippen LogP contribution >= 0.6 is 0 Å². The predicted molar refractivity (Wildman–Crippen MR) is 121 cm³/mol. The molecule has 27 heavy (non-hydrogen) atoms. The molecule has 0 aliphatic carbocycles. The van der Waals surface area contributed by atoms with Gasteiger partial charge in [-0.1, -0.05) is 117 Å². The minimum absolute atomic E-state index is 0. The van der Waals surface area contributed by atoms with Crippen molar-refractivity contribution in [2.24, 2.45) is 5.92 Å². The van der Waals surface area contributed by atoms with Crippen LogP contribution in [0.25, 0.3) is 0 Å². The van der Waals surface area contributed by atoms with Gasteiger partial charge in [-0.2, -0.15) is 0 Å². The summed E-state index contributed by atoms with van der Waals surface area (Å²) in [5, 5.41) is 12.3. The predicted octanol–water partition coefficient (Wildman–Crippen LogP) is 6.30. The average molecular weight is 394 g/mol. The van der Waals surface area contributed by atoms with Gasteiger partial charge in [0.15, 0.2) is 0 Å². The molecule has 3 nitrogen and oxygen atoms in total. The summed E-state index contributed by atoms with van der Waals surface area (Å²) in [5.41, 5.74) is 0. The summed E-state index contributed by atoms with van der Waals surface area (Å²) < 4.78 is 0. The van der Waals surface area contributed by atoms with Gasteiger partial charge in [0.2, 0.25) is 0 Å². The third-order valence-corrected chi connectivity index (χ3v) is 5.33. The molecule has 0 bridgehead atoms. The molecule has 0 aromatic carbocycles. The van der Waals surface area contributed by atoms with Crippen molar-refractivity contribution in [1.29, 1.82) is 0 Å². The van der Waals surface area contributed by atoms with Gasteiger partial charge in [0.1, 0.15) is 6.04 Å². The van der Waals surface area contributed by atoms with E-state index in [2.05, 4.69) is 12.2 Å². The van der Waals surface area contributed by atoms with E-state index in [1.807, 2.05) is 13.8 Å². The SMILES string of the molecule is CCCCCCCCCCCCCCCCCCNC(C(=O)O)C(C)C.[NaH]. The minimum atomic E-state index is -0.725. The van der Waals surface area contributed by atoms with Crippen molar-refractivity contribution in [3.05, 3.63) is 0 Å². The van der Waals surface area contributed by atoms with Gasteiger partial charge >= 0.3 is 35.5 Å². The van der Waals surface area contributed by atoms with Crippen molar-refractivity contribution in [3.63, 3.8) is 0 Å². The molecule has 0 saturated carbocycles. The molecule has 158 valence electrons. The number of aliphatic carboxylic acids is 1. The van der Waals surface area contributed by atoms with Gasteiger partial charge in [0.05, 0.1) is 0 Å².